The molecule has 8 heteroatoms. The lowest BCUT2D eigenvalue weighted by Crippen LogP contribution is -2.05. The maximum atomic E-state index is 6.44. The van der Waals surface area contributed by atoms with Crippen LogP contribution in [-0.2, 0) is 0 Å². The van der Waals surface area contributed by atoms with Gasteiger partial charge in [-0.15, -0.1) is 0 Å². The molecule has 6 rings (SSSR count). The SMILES string of the molecule is Cc1ccccc1OP(Oc1ccc(-c2ccc(OP(Oc3c(C)cccc3C)Oc3c(C)cccc3C)cc2)cc1)Oc1c(C)cccc1C. The van der Waals surface area contributed by atoms with Crippen molar-refractivity contribution < 1.29 is 27.1 Å². The molecule has 0 heterocycles. The van der Waals surface area contributed by atoms with E-state index in [0.717, 1.165) is 73.1 Å². The Labute approximate surface area is 303 Å². The highest BCUT2D eigenvalue weighted by Gasteiger charge is 2.25. The second-order valence-electron chi connectivity index (χ2n) is 12.5. The Morgan fingerprint density at radius 2 is 0.608 bits per heavy atom. The monoisotopic (exact) mass is 716 g/mol. The Bertz CT molecular complexity index is 1980. The molecule has 51 heavy (non-hydrogen) atoms. The van der Waals surface area contributed by atoms with Crippen molar-refractivity contribution in [1.29, 1.82) is 0 Å². The third kappa shape index (κ3) is 9.02. The van der Waals surface area contributed by atoms with Crippen molar-refractivity contribution in [3.05, 3.63) is 166 Å². The van der Waals surface area contributed by atoms with Gasteiger partial charge in [0.15, 0.2) is 0 Å². The predicted molar refractivity (Wildman–Crippen MR) is 208 cm³/mol. The highest BCUT2D eigenvalue weighted by molar-refractivity contribution is 7.43. The maximum Gasteiger partial charge on any atom is 0.530 e. The largest absolute Gasteiger partial charge is 0.530 e. The molecule has 0 spiro atoms. The zero-order chi connectivity index (χ0) is 35.9. The fraction of sp³-hybridized carbons (Fsp3) is 0.163. The zero-order valence-corrected chi connectivity index (χ0v) is 31.8. The third-order valence-electron chi connectivity index (χ3n) is 8.39. The number of aryl methyl sites for hydroxylation is 7. The summed E-state index contributed by atoms with van der Waals surface area (Å²) in [5, 5.41) is 0. The summed E-state index contributed by atoms with van der Waals surface area (Å²) >= 11 is 0. The lowest BCUT2D eigenvalue weighted by molar-refractivity contribution is 0.383. The van der Waals surface area contributed by atoms with E-state index in [4.69, 9.17) is 27.1 Å². The van der Waals surface area contributed by atoms with Crippen LogP contribution < -0.4 is 27.1 Å². The minimum atomic E-state index is -1.81. The molecule has 0 bridgehead atoms. The Morgan fingerprint density at radius 3 is 0.961 bits per heavy atom. The van der Waals surface area contributed by atoms with Crippen LogP contribution in [0, 0.1) is 48.5 Å². The van der Waals surface area contributed by atoms with E-state index in [2.05, 4.69) is 0 Å². The molecule has 0 aliphatic rings. The molecular formula is C43H42O6P2. The van der Waals surface area contributed by atoms with E-state index in [1.54, 1.807) is 0 Å². The highest BCUT2D eigenvalue weighted by atomic mass is 31.2. The lowest BCUT2D eigenvalue weighted by Gasteiger charge is -2.22. The second kappa shape index (κ2) is 16.3. The smallest absolute Gasteiger partial charge is 0.409 e. The number of benzene rings is 6. The van der Waals surface area contributed by atoms with Gasteiger partial charge in [0.25, 0.3) is 0 Å². The Hall–Kier alpha value is -5.02. The van der Waals surface area contributed by atoms with Gasteiger partial charge in [-0.3, -0.25) is 0 Å². The standard InChI is InChI=1S/C43H42O6P2/c1-29-13-8-9-20-40(29)46-50(47-41-30(2)14-10-15-31(41)3)44-38-25-21-36(22-26-38)37-23-27-39(28-24-37)45-51(48-42-32(4)16-11-17-33(42)5)49-43-34(6)18-12-19-35(43)7/h8-28H,1-7H3. The van der Waals surface area contributed by atoms with Gasteiger partial charge in [-0.1, -0.05) is 97.1 Å². The number of hydrogen-bond donors (Lipinski definition) is 0. The molecule has 1 atom stereocenters. The molecule has 0 aliphatic heterocycles. The van der Waals surface area contributed by atoms with Gasteiger partial charge in [0, 0.05) is 0 Å². The molecule has 260 valence electrons. The summed E-state index contributed by atoms with van der Waals surface area (Å²) < 4.78 is 38.3. The second-order valence-corrected chi connectivity index (χ2v) is 14.5. The topological polar surface area (TPSA) is 55.4 Å². The van der Waals surface area contributed by atoms with Gasteiger partial charge in [0.05, 0.1) is 0 Å². The van der Waals surface area contributed by atoms with E-state index in [1.807, 2.05) is 176 Å². The van der Waals surface area contributed by atoms with E-state index in [9.17, 15) is 0 Å². The normalized spacial score (nSPS) is 11.5. The number of para-hydroxylation sites is 4. The molecule has 0 radical (unpaired) electrons. The highest BCUT2D eigenvalue weighted by Crippen LogP contribution is 2.47. The third-order valence-corrected chi connectivity index (χ3v) is 10.5. The van der Waals surface area contributed by atoms with Crippen LogP contribution in [0.3, 0.4) is 0 Å². The first-order valence-electron chi connectivity index (χ1n) is 16.8. The number of hydrogen-bond acceptors (Lipinski definition) is 6. The fourth-order valence-electron chi connectivity index (χ4n) is 5.49. The van der Waals surface area contributed by atoms with Gasteiger partial charge in [-0.25, -0.2) is 0 Å². The fourth-order valence-corrected chi connectivity index (χ4v) is 7.98. The van der Waals surface area contributed by atoms with Gasteiger partial charge in [0.2, 0.25) is 0 Å². The van der Waals surface area contributed by atoms with E-state index in [0.29, 0.717) is 11.5 Å². The molecule has 6 nitrogen and oxygen atoms in total. The van der Waals surface area contributed by atoms with Crippen LogP contribution in [0.2, 0.25) is 0 Å². The molecule has 0 aromatic heterocycles. The van der Waals surface area contributed by atoms with Crippen LogP contribution in [0.4, 0.5) is 0 Å². The van der Waals surface area contributed by atoms with Crippen LogP contribution in [0.25, 0.3) is 11.1 Å². The average molecular weight is 717 g/mol. The quantitative estimate of drug-likeness (QED) is 0.111. The average Bonchev–Trinajstić information content (AvgIpc) is 3.11. The van der Waals surface area contributed by atoms with Crippen molar-refractivity contribution in [2.45, 2.75) is 48.5 Å². The summed E-state index contributed by atoms with van der Waals surface area (Å²) in [7, 11) is -3.61. The molecule has 0 amide bonds. The molecule has 0 fully saturated rings. The van der Waals surface area contributed by atoms with Gasteiger partial charge in [-0.2, -0.15) is 0 Å². The summed E-state index contributed by atoms with van der Waals surface area (Å²) in [6.07, 6.45) is 0. The molecule has 0 saturated heterocycles. The van der Waals surface area contributed by atoms with E-state index >= 15 is 0 Å². The van der Waals surface area contributed by atoms with Gasteiger partial charge < -0.3 is 27.1 Å². The van der Waals surface area contributed by atoms with Crippen molar-refractivity contribution in [3.63, 3.8) is 0 Å². The molecule has 0 N–H and O–H groups in total. The van der Waals surface area contributed by atoms with Crippen molar-refractivity contribution >= 4 is 17.2 Å². The Kier molecular flexibility index (Phi) is 11.5. The summed E-state index contributed by atoms with van der Waals surface area (Å²) in [6.45, 7) is 14.1. The summed E-state index contributed by atoms with van der Waals surface area (Å²) in [5.74, 6) is 4.30. The maximum absolute atomic E-state index is 6.44. The first-order valence-corrected chi connectivity index (χ1v) is 19.0. The van der Waals surface area contributed by atoms with Crippen LogP contribution in [-0.4, -0.2) is 0 Å². The Balaban J connectivity index is 1.18. The van der Waals surface area contributed by atoms with E-state index < -0.39 is 17.2 Å². The summed E-state index contributed by atoms with van der Waals surface area (Å²) in [5.41, 5.74) is 9.16. The molecule has 0 saturated carbocycles. The van der Waals surface area contributed by atoms with Gasteiger partial charge >= 0.3 is 17.2 Å². The first-order chi connectivity index (χ1) is 24.6. The van der Waals surface area contributed by atoms with Crippen LogP contribution in [0.15, 0.2) is 127 Å². The van der Waals surface area contributed by atoms with E-state index in [-0.39, 0.29) is 0 Å². The van der Waals surface area contributed by atoms with Crippen molar-refractivity contribution in [2.75, 3.05) is 0 Å². The van der Waals surface area contributed by atoms with Crippen molar-refractivity contribution in [3.8, 4) is 45.6 Å². The summed E-state index contributed by atoms with van der Waals surface area (Å²) in [4.78, 5) is 0. The first kappa shape index (κ1) is 35.8. The predicted octanol–water partition coefficient (Wildman–Crippen LogP) is 13.0. The molecule has 6 aromatic rings. The van der Waals surface area contributed by atoms with E-state index in [1.165, 1.54) is 0 Å². The van der Waals surface area contributed by atoms with Gasteiger partial charge in [-0.05, 0) is 129 Å². The number of rotatable bonds is 13. The lowest BCUT2D eigenvalue weighted by atomic mass is 10.1. The molecule has 0 aliphatic carbocycles. The van der Waals surface area contributed by atoms with Crippen LogP contribution >= 0.6 is 17.2 Å². The van der Waals surface area contributed by atoms with Crippen LogP contribution in [0.5, 0.6) is 34.5 Å². The van der Waals surface area contributed by atoms with Crippen molar-refractivity contribution in [2.24, 2.45) is 0 Å². The van der Waals surface area contributed by atoms with Crippen molar-refractivity contribution in [1.82, 2.24) is 0 Å². The summed E-state index contributed by atoms with van der Waals surface area (Å²) in [6, 6.07) is 41.9. The molecule has 6 aromatic carbocycles. The molecule has 1 unspecified atom stereocenters. The minimum absolute atomic E-state index is 0.641. The molecular weight excluding hydrogens is 674 g/mol. The Morgan fingerprint density at radius 1 is 0.294 bits per heavy atom. The zero-order valence-electron chi connectivity index (χ0n) is 30.0. The van der Waals surface area contributed by atoms with Gasteiger partial charge in [0.1, 0.15) is 34.5 Å². The minimum Gasteiger partial charge on any atom is -0.409 e. The van der Waals surface area contributed by atoms with Crippen LogP contribution in [0.1, 0.15) is 38.9 Å².